The number of fused-ring (bicyclic) bond motifs is 1. The summed E-state index contributed by atoms with van der Waals surface area (Å²) in [5.41, 5.74) is 0.493. The molecule has 2 N–H and O–H groups in total. The van der Waals surface area contributed by atoms with Crippen molar-refractivity contribution >= 4 is 17.6 Å². The van der Waals surface area contributed by atoms with Crippen LogP contribution in [0.5, 0.6) is 11.5 Å². The molecule has 0 unspecified atom stereocenters. The highest BCUT2D eigenvalue weighted by atomic mass is 16.7. The van der Waals surface area contributed by atoms with Crippen molar-refractivity contribution in [3.8, 4) is 11.5 Å². The van der Waals surface area contributed by atoms with Gasteiger partial charge >= 0.3 is 5.97 Å². The molecule has 3 rings (SSSR count). The third-order valence-corrected chi connectivity index (χ3v) is 3.24. The largest absolute Gasteiger partial charge is 0.479 e. The standard InChI is InChI=1S/C13H13NO6/c15-12(9-4-5-10(20-9)13(16)17)14-7-2-1-3-8-11(7)19-6-18-8/h1-3,9-10H,4-6H2,(H,14,15)(H,16,17)/t9-,10+/m0/s1. The van der Waals surface area contributed by atoms with Gasteiger partial charge in [0.25, 0.3) is 5.91 Å². The van der Waals surface area contributed by atoms with Gasteiger partial charge in [-0.3, -0.25) is 4.79 Å². The predicted molar refractivity (Wildman–Crippen MR) is 66.7 cm³/mol. The molecule has 1 fully saturated rings. The third-order valence-electron chi connectivity index (χ3n) is 3.24. The van der Waals surface area contributed by atoms with Gasteiger partial charge in [-0.2, -0.15) is 0 Å². The summed E-state index contributed by atoms with van der Waals surface area (Å²) >= 11 is 0. The van der Waals surface area contributed by atoms with Crippen LogP contribution in [0.15, 0.2) is 18.2 Å². The van der Waals surface area contributed by atoms with Gasteiger partial charge in [-0.25, -0.2) is 4.79 Å². The fourth-order valence-corrected chi connectivity index (χ4v) is 2.25. The molecule has 1 aromatic rings. The molecule has 1 amide bonds. The van der Waals surface area contributed by atoms with Crippen molar-refractivity contribution in [3.05, 3.63) is 18.2 Å². The molecule has 0 aromatic heterocycles. The van der Waals surface area contributed by atoms with Crippen LogP contribution in [0.4, 0.5) is 5.69 Å². The number of aliphatic carboxylic acids is 1. The summed E-state index contributed by atoms with van der Waals surface area (Å²) in [5.74, 6) is -0.373. The summed E-state index contributed by atoms with van der Waals surface area (Å²) < 4.78 is 15.7. The van der Waals surface area contributed by atoms with E-state index in [2.05, 4.69) is 5.32 Å². The zero-order valence-electron chi connectivity index (χ0n) is 10.5. The van der Waals surface area contributed by atoms with E-state index in [1.807, 2.05) is 0 Å². The zero-order valence-corrected chi connectivity index (χ0v) is 10.5. The summed E-state index contributed by atoms with van der Waals surface area (Å²) in [7, 11) is 0. The van der Waals surface area contributed by atoms with Crippen molar-refractivity contribution in [3.63, 3.8) is 0 Å². The molecule has 1 saturated heterocycles. The Hall–Kier alpha value is -2.28. The van der Waals surface area contributed by atoms with Crippen molar-refractivity contribution in [1.82, 2.24) is 0 Å². The quantitative estimate of drug-likeness (QED) is 0.856. The predicted octanol–water partition coefficient (Wildman–Crippen LogP) is 0.986. The molecule has 2 atom stereocenters. The van der Waals surface area contributed by atoms with Crippen LogP contribution in [0.1, 0.15) is 12.8 Å². The van der Waals surface area contributed by atoms with E-state index in [1.165, 1.54) is 0 Å². The van der Waals surface area contributed by atoms with Gasteiger partial charge in [0, 0.05) is 0 Å². The monoisotopic (exact) mass is 279 g/mol. The summed E-state index contributed by atoms with van der Waals surface area (Å²) in [6.45, 7) is 0.114. The Kier molecular flexibility index (Phi) is 3.19. The van der Waals surface area contributed by atoms with E-state index in [0.717, 1.165) is 0 Å². The van der Waals surface area contributed by atoms with Crippen LogP contribution in [0.25, 0.3) is 0 Å². The molecule has 2 aliphatic heterocycles. The molecule has 0 aliphatic carbocycles. The van der Waals surface area contributed by atoms with Crippen LogP contribution in [-0.4, -0.2) is 36.0 Å². The van der Waals surface area contributed by atoms with Crippen LogP contribution in [0, 0.1) is 0 Å². The molecule has 2 heterocycles. The number of rotatable bonds is 3. The van der Waals surface area contributed by atoms with Gasteiger partial charge in [-0.15, -0.1) is 0 Å². The highest BCUT2D eigenvalue weighted by Crippen LogP contribution is 2.39. The highest BCUT2D eigenvalue weighted by molar-refractivity contribution is 5.96. The van der Waals surface area contributed by atoms with Crippen molar-refractivity contribution < 1.29 is 28.9 Å². The number of carbonyl (C=O) groups is 2. The van der Waals surface area contributed by atoms with Gasteiger partial charge in [0.1, 0.15) is 6.10 Å². The van der Waals surface area contributed by atoms with E-state index < -0.39 is 18.2 Å². The number of anilines is 1. The van der Waals surface area contributed by atoms with Gasteiger partial charge in [0.2, 0.25) is 6.79 Å². The number of para-hydroxylation sites is 1. The Labute approximate surface area is 114 Å². The van der Waals surface area contributed by atoms with Crippen LogP contribution in [0.3, 0.4) is 0 Å². The van der Waals surface area contributed by atoms with Crippen molar-refractivity contribution in [1.29, 1.82) is 0 Å². The SMILES string of the molecule is O=C(Nc1cccc2c1OCO2)[C@@H]1CC[C@H](C(=O)O)O1. The second-order valence-corrected chi connectivity index (χ2v) is 4.56. The van der Waals surface area contributed by atoms with Gasteiger partial charge in [0.05, 0.1) is 5.69 Å². The molecule has 0 bridgehead atoms. The topological polar surface area (TPSA) is 94.1 Å². The molecular weight excluding hydrogens is 266 g/mol. The maximum Gasteiger partial charge on any atom is 0.332 e. The molecule has 0 saturated carbocycles. The van der Waals surface area contributed by atoms with E-state index in [9.17, 15) is 9.59 Å². The van der Waals surface area contributed by atoms with Gasteiger partial charge in [0.15, 0.2) is 17.6 Å². The minimum Gasteiger partial charge on any atom is -0.479 e. The summed E-state index contributed by atoms with van der Waals surface area (Å²) in [6, 6.07) is 5.16. The molecule has 7 nitrogen and oxygen atoms in total. The Morgan fingerprint density at radius 2 is 2.00 bits per heavy atom. The Morgan fingerprint density at radius 1 is 1.20 bits per heavy atom. The normalized spacial score (nSPS) is 23.6. The summed E-state index contributed by atoms with van der Waals surface area (Å²) in [5, 5.41) is 11.5. The smallest absolute Gasteiger partial charge is 0.332 e. The minimum absolute atomic E-state index is 0.114. The number of hydrogen-bond acceptors (Lipinski definition) is 5. The Bertz CT molecular complexity index is 558. The second kappa shape index (κ2) is 5.01. The number of amides is 1. The minimum atomic E-state index is -1.04. The molecular formula is C13H13NO6. The molecule has 106 valence electrons. The Morgan fingerprint density at radius 3 is 2.75 bits per heavy atom. The van der Waals surface area contributed by atoms with Crippen LogP contribution in [0.2, 0.25) is 0 Å². The van der Waals surface area contributed by atoms with E-state index in [4.69, 9.17) is 19.3 Å². The lowest BCUT2D eigenvalue weighted by Crippen LogP contribution is -2.30. The van der Waals surface area contributed by atoms with E-state index in [1.54, 1.807) is 18.2 Å². The average molecular weight is 279 g/mol. The number of ether oxygens (including phenoxy) is 3. The lowest BCUT2D eigenvalue weighted by atomic mass is 10.2. The molecule has 0 radical (unpaired) electrons. The number of hydrogen-bond donors (Lipinski definition) is 2. The maximum absolute atomic E-state index is 12.1. The fraction of sp³-hybridized carbons (Fsp3) is 0.385. The lowest BCUT2D eigenvalue weighted by molar-refractivity contribution is -0.150. The number of carboxylic acid groups (broad SMARTS) is 1. The first-order valence-electron chi connectivity index (χ1n) is 6.23. The molecule has 1 aromatic carbocycles. The maximum atomic E-state index is 12.1. The van der Waals surface area contributed by atoms with E-state index in [0.29, 0.717) is 30.0 Å². The van der Waals surface area contributed by atoms with Crippen LogP contribution in [-0.2, 0) is 14.3 Å². The second-order valence-electron chi connectivity index (χ2n) is 4.56. The van der Waals surface area contributed by atoms with Crippen molar-refractivity contribution in [2.45, 2.75) is 25.0 Å². The van der Waals surface area contributed by atoms with Gasteiger partial charge < -0.3 is 24.6 Å². The van der Waals surface area contributed by atoms with Crippen molar-refractivity contribution in [2.75, 3.05) is 12.1 Å². The first kappa shape index (κ1) is 12.7. The lowest BCUT2D eigenvalue weighted by Gasteiger charge is -2.13. The van der Waals surface area contributed by atoms with Crippen molar-refractivity contribution in [2.24, 2.45) is 0 Å². The first-order chi connectivity index (χ1) is 9.65. The molecule has 20 heavy (non-hydrogen) atoms. The molecule has 2 aliphatic rings. The zero-order chi connectivity index (χ0) is 14.1. The van der Waals surface area contributed by atoms with Gasteiger partial charge in [-0.1, -0.05) is 6.07 Å². The number of benzene rings is 1. The average Bonchev–Trinajstić information content (AvgIpc) is 3.08. The molecule has 7 heteroatoms. The number of carbonyl (C=O) groups excluding carboxylic acids is 1. The van der Waals surface area contributed by atoms with E-state index in [-0.39, 0.29) is 12.7 Å². The van der Waals surface area contributed by atoms with Crippen LogP contribution >= 0.6 is 0 Å². The first-order valence-corrected chi connectivity index (χ1v) is 6.23. The van der Waals surface area contributed by atoms with Crippen LogP contribution < -0.4 is 14.8 Å². The fourth-order valence-electron chi connectivity index (χ4n) is 2.25. The number of nitrogens with one attached hydrogen (secondary N) is 1. The van der Waals surface area contributed by atoms with Gasteiger partial charge in [-0.05, 0) is 25.0 Å². The third kappa shape index (κ3) is 2.27. The molecule has 0 spiro atoms. The summed E-state index contributed by atoms with van der Waals surface area (Å²) in [4.78, 5) is 22.8. The number of carboxylic acids is 1. The summed E-state index contributed by atoms with van der Waals surface area (Å²) in [6.07, 6.45) is -0.948. The Balaban J connectivity index is 1.68. The highest BCUT2D eigenvalue weighted by Gasteiger charge is 2.35. The van der Waals surface area contributed by atoms with E-state index >= 15 is 0 Å².